The van der Waals surface area contributed by atoms with Crippen molar-refractivity contribution in [2.24, 2.45) is 13.0 Å². The summed E-state index contributed by atoms with van der Waals surface area (Å²) in [5, 5.41) is 8.18. The molecule has 2 atom stereocenters. The number of nitrogens with zero attached hydrogens (tertiary/aromatic N) is 2. The van der Waals surface area contributed by atoms with Crippen LogP contribution < -0.4 is 5.32 Å². The van der Waals surface area contributed by atoms with Crippen LogP contribution in [0, 0.1) is 19.8 Å². The Bertz CT molecular complexity index is 395. The van der Waals surface area contributed by atoms with Crippen molar-refractivity contribution in [3.63, 3.8) is 0 Å². The van der Waals surface area contributed by atoms with Gasteiger partial charge in [-0.05, 0) is 51.1 Å². The van der Waals surface area contributed by atoms with E-state index in [0.29, 0.717) is 6.04 Å². The molecule has 0 aliphatic carbocycles. The van der Waals surface area contributed by atoms with E-state index < -0.39 is 0 Å². The largest absolute Gasteiger partial charge is 0.314 e. The third kappa shape index (κ3) is 4.93. The lowest BCUT2D eigenvalue weighted by Gasteiger charge is -2.21. The lowest BCUT2D eigenvalue weighted by atomic mass is 9.93. The summed E-state index contributed by atoms with van der Waals surface area (Å²) in [6.45, 7) is 12.2. The second kappa shape index (κ2) is 8.46. The van der Waals surface area contributed by atoms with Gasteiger partial charge in [0.05, 0.1) is 5.69 Å². The fourth-order valence-electron chi connectivity index (χ4n) is 3.19. The molecule has 0 saturated carbocycles. The molecule has 0 saturated heterocycles. The summed E-state index contributed by atoms with van der Waals surface area (Å²) in [7, 11) is 2.04. The predicted octanol–water partition coefficient (Wildman–Crippen LogP) is 3.77. The zero-order chi connectivity index (χ0) is 15.1. The van der Waals surface area contributed by atoms with Crippen LogP contribution in [0.3, 0.4) is 0 Å². The standard InChI is InChI=1S/C17H33N3/c1-7-9-13(3)12-16(18-8-2)10-11-17-14(4)19-20(6)15(17)5/h13,16,18H,7-12H2,1-6H3. The minimum atomic E-state index is 0.639. The molecule has 1 aromatic heterocycles. The molecule has 1 heterocycles. The highest BCUT2D eigenvalue weighted by Crippen LogP contribution is 2.19. The highest BCUT2D eigenvalue weighted by Gasteiger charge is 2.15. The summed E-state index contributed by atoms with van der Waals surface area (Å²) in [6.07, 6.45) is 6.28. The van der Waals surface area contributed by atoms with Crippen LogP contribution in [0.2, 0.25) is 0 Å². The zero-order valence-electron chi connectivity index (χ0n) is 14.3. The van der Waals surface area contributed by atoms with E-state index in [-0.39, 0.29) is 0 Å². The summed E-state index contributed by atoms with van der Waals surface area (Å²) in [6, 6.07) is 0.639. The van der Waals surface area contributed by atoms with Crippen LogP contribution in [-0.4, -0.2) is 22.4 Å². The van der Waals surface area contributed by atoms with Crippen molar-refractivity contribution in [2.45, 2.75) is 72.8 Å². The van der Waals surface area contributed by atoms with Gasteiger partial charge in [0.1, 0.15) is 0 Å². The van der Waals surface area contributed by atoms with E-state index in [1.165, 1.54) is 42.6 Å². The van der Waals surface area contributed by atoms with E-state index in [1.807, 2.05) is 11.7 Å². The quantitative estimate of drug-likeness (QED) is 0.745. The molecular weight excluding hydrogens is 246 g/mol. The number of hydrogen-bond donors (Lipinski definition) is 1. The van der Waals surface area contributed by atoms with Crippen LogP contribution in [0.15, 0.2) is 0 Å². The van der Waals surface area contributed by atoms with Gasteiger partial charge >= 0.3 is 0 Å². The fraction of sp³-hybridized carbons (Fsp3) is 0.824. The van der Waals surface area contributed by atoms with Crippen LogP contribution in [0.4, 0.5) is 0 Å². The van der Waals surface area contributed by atoms with Gasteiger partial charge < -0.3 is 5.32 Å². The Morgan fingerprint density at radius 2 is 1.90 bits per heavy atom. The molecule has 0 aliphatic rings. The van der Waals surface area contributed by atoms with Crippen LogP contribution in [0.1, 0.15) is 63.4 Å². The monoisotopic (exact) mass is 279 g/mol. The Morgan fingerprint density at radius 3 is 2.40 bits per heavy atom. The molecule has 0 fully saturated rings. The van der Waals surface area contributed by atoms with E-state index in [0.717, 1.165) is 18.9 Å². The molecule has 3 heteroatoms. The maximum atomic E-state index is 4.52. The lowest BCUT2D eigenvalue weighted by Crippen LogP contribution is -2.31. The van der Waals surface area contributed by atoms with Gasteiger partial charge in [-0.15, -0.1) is 0 Å². The maximum Gasteiger partial charge on any atom is 0.0628 e. The highest BCUT2D eigenvalue weighted by atomic mass is 15.3. The Morgan fingerprint density at radius 1 is 1.20 bits per heavy atom. The molecule has 1 rings (SSSR count). The molecule has 1 aromatic rings. The average Bonchev–Trinajstić information content (AvgIpc) is 2.61. The number of hydrogen-bond acceptors (Lipinski definition) is 2. The molecule has 0 spiro atoms. The number of aromatic nitrogens is 2. The number of nitrogens with one attached hydrogen (secondary N) is 1. The molecule has 3 nitrogen and oxygen atoms in total. The summed E-state index contributed by atoms with van der Waals surface area (Å²) in [5.74, 6) is 0.820. The first-order valence-electron chi connectivity index (χ1n) is 8.21. The molecular formula is C17H33N3. The number of aryl methyl sites for hydroxylation is 2. The van der Waals surface area contributed by atoms with Crippen LogP contribution in [-0.2, 0) is 13.5 Å². The third-order valence-electron chi connectivity index (χ3n) is 4.36. The summed E-state index contributed by atoms with van der Waals surface area (Å²) in [4.78, 5) is 0. The summed E-state index contributed by atoms with van der Waals surface area (Å²) >= 11 is 0. The van der Waals surface area contributed by atoms with Gasteiger partial charge in [0.25, 0.3) is 0 Å². The first-order chi connectivity index (χ1) is 9.49. The van der Waals surface area contributed by atoms with Crippen LogP contribution in [0.5, 0.6) is 0 Å². The molecule has 0 aromatic carbocycles. The minimum Gasteiger partial charge on any atom is -0.314 e. The average molecular weight is 279 g/mol. The molecule has 0 bridgehead atoms. The second-order valence-corrected chi connectivity index (χ2v) is 6.20. The van der Waals surface area contributed by atoms with Crippen molar-refractivity contribution >= 4 is 0 Å². The smallest absolute Gasteiger partial charge is 0.0628 e. The molecule has 0 amide bonds. The van der Waals surface area contributed by atoms with Gasteiger partial charge in [0.2, 0.25) is 0 Å². The van der Waals surface area contributed by atoms with Gasteiger partial charge in [-0.3, -0.25) is 4.68 Å². The molecule has 20 heavy (non-hydrogen) atoms. The highest BCUT2D eigenvalue weighted by molar-refractivity contribution is 5.24. The van der Waals surface area contributed by atoms with Crippen LogP contribution >= 0.6 is 0 Å². The van der Waals surface area contributed by atoms with E-state index in [9.17, 15) is 0 Å². The Kier molecular flexibility index (Phi) is 7.28. The van der Waals surface area contributed by atoms with Gasteiger partial charge in [-0.1, -0.05) is 33.6 Å². The normalized spacial score (nSPS) is 14.5. The van der Waals surface area contributed by atoms with Crippen molar-refractivity contribution in [3.05, 3.63) is 17.0 Å². The van der Waals surface area contributed by atoms with Crippen molar-refractivity contribution in [3.8, 4) is 0 Å². The number of rotatable bonds is 9. The zero-order valence-corrected chi connectivity index (χ0v) is 14.3. The first kappa shape index (κ1) is 17.2. The maximum absolute atomic E-state index is 4.52. The topological polar surface area (TPSA) is 29.9 Å². The minimum absolute atomic E-state index is 0.639. The molecule has 116 valence electrons. The molecule has 0 radical (unpaired) electrons. The molecule has 1 N–H and O–H groups in total. The van der Waals surface area contributed by atoms with Gasteiger partial charge in [-0.25, -0.2) is 0 Å². The Hall–Kier alpha value is -0.830. The van der Waals surface area contributed by atoms with Gasteiger partial charge in [0, 0.05) is 18.8 Å². The molecule has 2 unspecified atom stereocenters. The van der Waals surface area contributed by atoms with Crippen molar-refractivity contribution in [2.75, 3.05) is 6.54 Å². The first-order valence-corrected chi connectivity index (χ1v) is 8.21. The van der Waals surface area contributed by atoms with E-state index in [4.69, 9.17) is 0 Å². The van der Waals surface area contributed by atoms with Crippen molar-refractivity contribution in [1.82, 2.24) is 15.1 Å². The van der Waals surface area contributed by atoms with Gasteiger partial charge in [-0.2, -0.15) is 5.10 Å². The lowest BCUT2D eigenvalue weighted by molar-refractivity contribution is 0.372. The molecule has 0 aliphatic heterocycles. The van der Waals surface area contributed by atoms with Crippen molar-refractivity contribution in [1.29, 1.82) is 0 Å². The van der Waals surface area contributed by atoms with E-state index in [1.54, 1.807) is 0 Å². The predicted molar refractivity (Wildman–Crippen MR) is 87.2 cm³/mol. The van der Waals surface area contributed by atoms with Crippen molar-refractivity contribution < 1.29 is 0 Å². The van der Waals surface area contributed by atoms with Crippen LogP contribution in [0.25, 0.3) is 0 Å². The van der Waals surface area contributed by atoms with E-state index >= 15 is 0 Å². The Balaban J connectivity index is 2.57. The summed E-state index contributed by atoms with van der Waals surface area (Å²) in [5.41, 5.74) is 3.96. The SMILES string of the molecule is CCCC(C)CC(CCc1c(C)nn(C)c1C)NCC. The third-order valence-corrected chi connectivity index (χ3v) is 4.36. The summed E-state index contributed by atoms with van der Waals surface area (Å²) < 4.78 is 2.01. The Labute approximate surface area is 125 Å². The second-order valence-electron chi connectivity index (χ2n) is 6.20. The van der Waals surface area contributed by atoms with E-state index in [2.05, 4.69) is 45.0 Å². The van der Waals surface area contributed by atoms with Gasteiger partial charge in [0.15, 0.2) is 0 Å². The fourth-order valence-corrected chi connectivity index (χ4v) is 3.19.